The number of hydrogen-bond acceptors (Lipinski definition) is 4. The van der Waals surface area contributed by atoms with Crippen molar-refractivity contribution < 1.29 is 19.1 Å². The van der Waals surface area contributed by atoms with Gasteiger partial charge in [-0.05, 0) is 43.3 Å². The van der Waals surface area contributed by atoms with E-state index in [1.54, 1.807) is 50.4 Å². The predicted octanol–water partition coefficient (Wildman–Crippen LogP) is 4.23. The number of nitrogens with zero attached hydrogens (tertiary/aromatic N) is 1. The van der Waals surface area contributed by atoms with Gasteiger partial charge in [-0.3, -0.25) is 9.69 Å². The Morgan fingerprint density at radius 3 is 2.37 bits per heavy atom. The summed E-state index contributed by atoms with van der Waals surface area (Å²) in [5.74, 6) is -0.288. The van der Waals surface area contributed by atoms with Crippen LogP contribution in [-0.4, -0.2) is 26.1 Å². The molecule has 0 bridgehead atoms. The van der Waals surface area contributed by atoms with E-state index in [9.17, 15) is 9.59 Å². The van der Waals surface area contributed by atoms with Gasteiger partial charge in [-0.2, -0.15) is 0 Å². The molecule has 0 saturated heterocycles. The van der Waals surface area contributed by atoms with Gasteiger partial charge in [0.25, 0.3) is 5.91 Å². The number of methoxy groups -OCH3 is 2. The summed E-state index contributed by atoms with van der Waals surface area (Å²) in [6.45, 7) is 1.71. The molecule has 0 atom stereocenters. The lowest BCUT2D eigenvalue weighted by Crippen LogP contribution is -2.24. The first-order valence-electron chi connectivity index (χ1n) is 8.22. The number of para-hydroxylation sites is 1. The summed E-state index contributed by atoms with van der Waals surface area (Å²) in [7, 11) is 2.84. The number of halogens is 1. The van der Waals surface area contributed by atoms with Crippen molar-refractivity contribution in [2.24, 2.45) is 0 Å². The number of amides is 1. The monoisotopic (exact) mass is 383 g/mol. The van der Waals surface area contributed by atoms with Crippen LogP contribution < -0.4 is 9.64 Å². The van der Waals surface area contributed by atoms with Gasteiger partial charge in [0, 0.05) is 22.0 Å². The van der Waals surface area contributed by atoms with Crippen LogP contribution >= 0.6 is 11.6 Å². The van der Waals surface area contributed by atoms with Crippen molar-refractivity contribution in [2.45, 2.75) is 6.92 Å². The van der Waals surface area contributed by atoms with Crippen LogP contribution in [0.5, 0.6) is 5.75 Å². The zero-order valence-corrected chi connectivity index (χ0v) is 15.9. The number of benzene rings is 2. The highest BCUT2D eigenvalue weighted by Crippen LogP contribution is 2.36. The zero-order chi connectivity index (χ0) is 19.6. The van der Waals surface area contributed by atoms with Gasteiger partial charge in [0.15, 0.2) is 0 Å². The number of rotatable bonds is 4. The summed E-state index contributed by atoms with van der Waals surface area (Å²) in [5.41, 5.74) is 2.28. The summed E-state index contributed by atoms with van der Waals surface area (Å²) in [6.07, 6.45) is 1.65. The van der Waals surface area contributed by atoms with Gasteiger partial charge in [-0.15, -0.1) is 0 Å². The molecule has 1 amide bonds. The maximum absolute atomic E-state index is 13.2. The molecule has 0 aliphatic carbocycles. The number of carbonyl (C=O) groups excluding carboxylic acids is 2. The molecule has 1 aliphatic rings. The van der Waals surface area contributed by atoms with Gasteiger partial charge in [-0.25, -0.2) is 4.79 Å². The Morgan fingerprint density at radius 1 is 1.07 bits per heavy atom. The third kappa shape index (κ3) is 3.46. The van der Waals surface area contributed by atoms with E-state index in [1.165, 1.54) is 12.0 Å². The normalized spacial score (nSPS) is 15.5. The van der Waals surface area contributed by atoms with Gasteiger partial charge < -0.3 is 9.47 Å². The zero-order valence-electron chi connectivity index (χ0n) is 15.2. The first kappa shape index (κ1) is 18.7. The molecule has 0 aromatic heterocycles. The van der Waals surface area contributed by atoms with E-state index < -0.39 is 5.97 Å². The largest absolute Gasteiger partial charge is 0.496 e. The number of esters is 1. The Morgan fingerprint density at radius 2 is 1.74 bits per heavy atom. The molecule has 3 rings (SSSR count). The predicted molar refractivity (Wildman–Crippen MR) is 105 cm³/mol. The fourth-order valence-electron chi connectivity index (χ4n) is 3.02. The summed E-state index contributed by atoms with van der Waals surface area (Å²) in [6, 6.07) is 14.1. The van der Waals surface area contributed by atoms with Crippen LogP contribution in [0.15, 0.2) is 65.4 Å². The second-order valence-corrected chi connectivity index (χ2v) is 6.31. The fraction of sp³-hybridized carbons (Fsp3) is 0.143. The van der Waals surface area contributed by atoms with E-state index in [4.69, 9.17) is 21.1 Å². The van der Waals surface area contributed by atoms with E-state index in [-0.39, 0.29) is 17.1 Å². The number of allylic oxidation sites excluding steroid dienone is 1. The summed E-state index contributed by atoms with van der Waals surface area (Å²) < 4.78 is 10.3. The summed E-state index contributed by atoms with van der Waals surface area (Å²) in [4.78, 5) is 27.1. The van der Waals surface area contributed by atoms with Crippen molar-refractivity contribution in [3.63, 3.8) is 0 Å². The molecule has 6 heteroatoms. The molecule has 0 spiro atoms. The SMILES string of the molecule is COC(=O)C1=C(C)N(c2ccc(Cl)cc2)C(=O)C1=Cc1ccccc1OC. The van der Waals surface area contributed by atoms with Crippen molar-refractivity contribution in [1.82, 2.24) is 0 Å². The lowest BCUT2D eigenvalue weighted by atomic mass is 10.0. The standard InChI is InChI=1S/C21H18ClNO4/c1-13-19(21(25)27-3)17(12-14-6-4-5-7-18(14)26-2)20(24)23(13)16-10-8-15(22)9-11-16/h4-12H,1-3H3. The van der Waals surface area contributed by atoms with Crippen LogP contribution in [0.2, 0.25) is 5.02 Å². The number of carbonyl (C=O) groups is 2. The summed E-state index contributed by atoms with van der Waals surface area (Å²) in [5, 5.41) is 0.560. The Bertz CT molecular complexity index is 960. The maximum Gasteiger partial charge on any atom is 0.340 e. The van der Waals surface area contributed by atoms with Gasteiger partial charge in [0.1, 0.15) is 5.75 Å². The fourth-order valence-corrected chi connectivity index (χ4v) is 3.15. The average Bonchev–Trinajstić information content (AvgIpc) is 2.92. The van der Waals surface area contributed by atoms with Crippen LogP contribution in [0.4, 0.5) is 5.69 Å². The minimum atomic E-state index is -0.571. The first-order valence-corrected chi connectivity index (χ1v) is 8.60. The molecule has 138 valence electrons. The molecule has 0 fully saturated rings. The molecular formula is C21H18ClNO4. The molecule has 27 heavy (non-hydrogen) atoms. The topological polar surface area (TPSA) is 55.8 Å². The van der Waals surface area contributed by atoms with E-state index in [1.807, 2.05) is 18.2 Å². The lowest BCUT2D eigenvalue weighted by molar-refractivity contribution is -0.136. The second-order valence-electron chi connectivity index (χ2n) is 5.87. The van der Waals surface area contributed by atoms with Gasteiger partial charge in [0.2, 0.25) is 0 Å². The highest BCUT2D eigenvalue weighted by atomic mass is 35.5. The Hall–Kier alpha value is -3.05. The van der Waals surface area contributed by atoms with Crippen LogP contribution in [0, 0.1) is 0 Å². The molecule has 5 nitrogen and oxygen atoms in total. The minimum Gasteiger partial charge on any atom is -0.496 e. The third-order valence-corrected chi connectivity index (χ3v) is 4.57. The smallest absolute Gasteiger partial charge is 0.340 e. The summed E-state index contributed by atoms with van der Waals surface area (Å²) >= 11 is 5.95. The molecule has 0 radical (unpaired) electrons. The molecule has 0 unspecified atom stereocenters. The van der Waals surface area contributed by atoms with E-state index in [0.29, 0.717) is 27.7 Å². The molecular weight excluding hydrogens is 366 g/mol. The Kier molecular flexibility index (Phi) is 5.33. The van der Waals surface area contributed by atoms with Crippen molar-refractivity contribution in [1.29, 1.82) is 0 Å². The number of anilines is 1. The highest BCUT2D eigenvalue weighted by Gasteiger charge is 2.38. The van der Waals surface area contributed by atoms with Gasteiger partial charge in [0.05, 0.1) is 25.4 Å². The second kappa shape index (κ2) is 7.68. The molecule has 1 aliphatic heterocycles. The molecule has 1 heterocycles. The van der Waals surface area contributed by atoms with Crippen molar-refractivity contribution in [2.75, 3.05) is 19.1 Å². The molecule has 0 saturated carbocycles. The average molecular weight is 384 g/mol. The van der Waals surface area contributed by atoms with Crippen molar-refractivity contribution in [3.05, 3.63) is 76.0 Å². The van der Waals surface area contributed by atoms with Crippen LogP contribution in [0.25, 0.3) is 6.08 Å². The van der Waals surface area contributed by atoms with E-state index in [2.05, 4.69) is 0 Å². The van der Waals surface area contributed by atoms with Gasteiger partial charge >= 0.3 is 5.97 Å². The van der Waals surface area contributed by atoms with Crippen LogP contribution in [0.3, 0.4) is 0 Å². The lowest BCUT2D eigenvalue weighted by Gasteiger charge is -2.18. The minimum absolute atomic E-state index is 0.225. The van der Waals surface area contributed by atoms with Crippen LogP contribution in [-0.2, 0) is 14.3 Å². The molecule has 2 aromatic carbocycles. The Balaban J connectivity index is 2.16. The third-order valence-electron chi connectivity index (χ3n) is 4.31. The number of ether oxygens (including phenoxy) is 2. The van der Waals surface area contributed by atoms with E-state index in [0.717, 1.165) is 0 Å². The van der Waals surface area contributed by atoms with Crippen molar-refractivity contribution >= 4 is 35.2 Å². The molecule has 0 N–H and O–H groups in total. The quantitative estimate of drug-likeness (QED) is 0.585. The number of hydrogen-bond donors (Lipinski definition) is 0. The molecule has 2 aromatic rings. The maximum atomic E-state index is 13.2. The highest BCUT2D eigenvalue weighted by molar-refractivity contribution is 6.30. The van der Waals surface area contributed by atoms with E-state index >= 15 is 0 Å². The first-order chi connectivity index (χ1) is 13.0. The van der Waals surface area contributed by atoms with Crippen LogP contribution in [0.1, 0.15) is 12.5 Å². The van der Waals surface area contributed by atoms with Crippen molar-refractivity contribution in [3.8, 4) is 5.75 Å². The Labute approximate surface area is 162 Å². The van der Waals surface area contributed by atoms with Gasteiger partial charge in [-0.1, -0.05) is 29.8 Å².